The van der Waals surface area contributed by atoms with Gasteiger partial charge in [-0.3, -0.25) is 4.79 Å². The first-order valence-corrected chi connectivity index (χ1v) is 6.65. The Kier molecular flexibility index (Phi) is 4.94. The Labute approximate surface area is 124 Å². The van der Waals surface area contributed by atoms with Gasteiger partial charge in [-0.25, -0.2) is 0 Å². The Bertz CT molecular complexity index is 630. The van der Waals surface area contributed by atoms with Crippen LogP contribution in [0.15, 0.2) is 54.6 Å². The molecular weight excluding hydrogens is 264 g/mol. The highest BCUT2D eigenvalue weighted by Gasteiger charge is 2.10. The van der Waals surface area contributed by atoms with E-state index in [1.54, 1.807) is 36.2 Å². The minimum atomic E-state index is -0.0318. The molecule has 0 bridgehead atoms. The SMILES string of the molecule is CN(C(=O)CCOc1ccccc1)c1ccc(C#N)cc1. The molecule has 0 unspecified atom stereocenters. The first-order valence-electron chi connectivity index (χ1n) is 6.65. The molecule has 2 rings (SSSR count). The monoisotopic (exact) mass is 280 g/mol. The van der Waals surface area contributed by atoms with E-state index < -0.39 is 0 Å². The van der Waals surface area contributed by atoms with Crippen LogP contribution < -0.4 is 9.64 Å². The largest absolute Gasteiger partial charge is 0.493 e. The summed E-state index contributed by atoms with van der Waals surface area (Å²) in [6.07, 6.45) is 0.297. The lowest BCUT2D eigenvalue weighted by Gasteiger charge is -2.17. The van der Waals surface area contributed by atoms with Gasteiger partial charge in [-0.05, 0) is 36.4 Å². The summed E-state index contributed by atoms with van der Waals surface area (Å²) in [5.41, 5.74) is 1.34. The number of rotatable bonds is 5. The van der Waals surface area contributed by atoms with E-state index in [9.17, 15) is 4.79 Å². The molecule has 0 aliphatic carbocycles. The van der Waals surface area contributed by atoms with E-state index in [1.807, 2.05) is 30.3 Å². The third-order valence-corrected chi connectivity index (χ3v) is 3.09. The van der Waals surface area contributed by atoms with Gasteiger partial charge in [0.15, 0.2) is 0 Å². The molecule has 0 atom stereocenters. The second-order valence-electron chi connectivity index (χ2n) is 4.52. The summed E-state index contributed by atoms with van der Waals surface area (Å²) in [6, 6.07) is 18.4. The van der Waals surface area contributed by atoms with Crippen molar-refractivity contribution >= 4 is 11.6 Å². The maximum Gasteiger partial charge on any atom is 0.230 e. The molecule has 1 amide bonds. The van der Waals surface area contributed by atoms with Crippen molar-refractivity contribution in [1.82, 2.24) is 0 Å². The molecule has 0 N–H and O–H groups in total. The van der Waals surface area contributed by atoms with Crippen LogP contribution in [-0.4, -0.2) is 19.6 Å². The average molecular weight is 280 g/mol. The minimum absolute atomic E-state index is 0.0318. The van der Waals surface area contributed by atoms with Gasteiger partial charge in [0.1, 0.15) is 5.75 Å². The third kappa shape index (κ3) is 4.08. The lowest BCUT2D eigenvalue weighted by molar-refractivity contribution is -0.118. The summed E-state index contributed by atoms with van der Waals surface area (Å²) in [6.45, 7) is 0.337. The number of hydrogen-bond donors (Lipinski definition) is 0. The maximum absolute atomic E-state index is 12.1. The fraction of sp³-hybridized carbons (Fsp3) is 0.176. The van der Waals surface area contributed by atoms with Crippen molar-refractivity contribution in [2.75, 3.05) is 18.6 Å². The molecule has 4 heteroatoms. The van der Waals surface area contributed by atoms with Crippen LogP contribution in [-0.2, 0) is 4.79 Å². The number of hydrogen-bond acceptors (Lipinski definition) is 3. The summed E-state index contributed by atoms with van der Waals surface area (Å²) in [5.74, 6) is 0.724. The smallest absolute Gasteiger partial charge is 0.230 e. The number of nitrogens with zero attached hydrogens (tertiary/aromatic N) is 2. The van der Waals surface area contributed by atoms with E-state index in [0.29, 0.717) is 18.6 Å². The van der Waals surface area contributed by atoms with Gasteiger partial charge in [0.25, 0.3) is 0 Å². The van der Waals surface area contributed by atoms with E-state index in [0.717, 1.165) is 11.4 Å². The molecule has 0 saturated heterocycles. The average Bonchev–Trinajstić information content (AvgIpc) is 2.55. The number of nitriles is 1. The van der Waals surface area contributed by atoms with Crippen molar-refractivity contribution in [1.29, 1.82) is 5.26 Å². The maximum atomic E-state index is 12.1. The van der Waals surface area contributed by atoms with Crippen LogP contribution in [0.4, 0.5) is 5.69 Å². The molecule has 0 aromatic heterocycles. The normalized spacial score (nSPS) is 9.71. The quantitative estimate of drug-likeness (QED) is 0.846. The van der Waals surface area contributed by atoms with Gasteiger partial charge in [0.05, 0.1) is 24.7 Å². The Morgan fingerprint density at radius 1 is 1.14 bits per heavy atom. The molecule has 106 valence electrons. The second-order valence-corrected chi connectivity index (χ2v) is 4.52. The molecule has 0 spiro atoms. The first kappa shape index (κ1) is 14.6. The fourth-order valence-corrected chi connectivity index (χ4v) is 1.84. The van der Waals surface area contributed by atoms with Gasteiger partial charge in [0.2, 0.25) is 5.91 Å². The van der Waals surface area contributed by atoms with Crippen LogP contribution in [0.2, 0.25) is 0 Å². The highest BCUT2D eigenvalue weighted by molar-refractivity contribution is 5.92. The van der Waals surface area contributed by atoms with Crippen molar-refractivity contribution in [3.05, 3.63) is 60.2 Å². The predicted octanol–water partition coefficient (Wildman–Crippen LogP) is 2.99. The first-order chi connectivity index (χ1) is 10.2. The molecule has 0 fully saturated rings. The number of amides is 1. The molecule has 4 nitrogen and oxygen atoms in total. The fourth-order valence-electron chi connectivity index (χ4n) is 1.84. The molecule has 2 aromatic rings. The standard InChI is InChI=1S/C17H16N2O2/c1-19(15-9-7-14(13-18)8-10-15)17(20)11-12-21-16-5-3-2-4-6-16/h2-10H,11-12H2,1H3. The van der Waals surface area contributed by atoms with Gasteiger partial charge in [-0.2, -0.15) is 5.26 Å². The van der Waals surface area contributed by atoms with E-state index >= 15 is 0 Å². The van der Waals surface area contributed by atoms with Gasteiger partial charge in [0, 0.05) is 12.7 Å². The lowest BCUT2D eigenvalue weighted by Crippen LogP contribution is -2.27. The molecule has 0 aliphatic rings. The van der Waals surface area contributed by atoms with Crippen LogP contribution in [0.1, 0.15) is 12.0 Å². The van der Waals surface area contributed by atoms with E-state index in [2.05, 4.69) is 6.07 Å². The van der Waals surface area contributed by atoms with Gasteiger partial charge in [-0.1, -0.05) is 18.2 Å². The predicted molar refractivity (Wildman–Crippen MR) is 81.1 cm³/mol. The van der Waals surface area contributed by atoms with Crippen molar-refractivity contribution in [2.24, 2.45) is 0 Å². The van der Waals surface area contributed by atoms with Crippen molar-refractivity contribution in [3.63, 3.8) is 0 Å². The molecule has 0 saturated carbocycles. The van der Waals surface area contributed by atoms with E-state index in [1.165, 1.54) is 0 Å². The van der Waals surface area contributed by atoms with Crippen molar-refractivity contribution in [2.45, 2.75) is 6.42 Å². The second kappa shape index (κ2) is 7.11. The van der Waals surface area contributed by atoms with Crippen molar-refractivity contribution in [3.8, 4) is 11.8 Å². The zero-order chi connectivity index (χ0) is 15.1. The summed E-state index contributed by atoms with van der Waals surface area (Å²) in [4.78, 5) is 13.6. The van der Waals surface area contributed by atoms with E-state index in [-0.39, 0.29) is 5.91 Å². The van der Waals surface area contributed by atoms with Crippen LogP contribution in [0.3, 0.4) is 0 Å². The number of ether oxygens (including phenoxy) is 1. The van der Waals surface area contributed by atoms with Crippen LogP contribution in [0.25, 0.3) is 0 Å². The number of anilines is 1. The number of carbonyl (C=O) groups is 1. The number of para-hydroxylation sites is 1. The van der Waals surface area contributed by atoms with Crippen LogP contribution in [0.5, 0.6) is 5.75 Å². The Balaban J connectivity index is 1.86. The van der Waals surface area contributed by atoms with Gasteiger partial charge < -0.3 is 9.64 Å². The topological polar surface area (TPSA) is 53.3 Å². The molecule has 0 aliphatic heterocycles. The summed E-state index contributed by atoms with van der Waals surface area (Å²) < 4.78 is 5.51. The Morgan fingerprint density at radius 3 is 2.43 bits per heavy atom. The summed E-state index contributed by atoms with van der Waals surface area (Å²) in [7, 11) is 1.71. The molecular formula is C17H16N2O2. The molecule has 2 aromatic carbocycles. The highest BCUT2D eigenvalue weighted by Crippen LogP contribution is 2.15. The number of benzene rings is 2. The Hall–Kier alpha value is -2.80. The Morgan fingerprint density at radius 2 is 1.81 bits per heavy atom. The van der Waals surface area contributed by atoms with Crippen LogP contribution >= 0.6 is 0 Å². The summed E-state index contributed by atoms with van der Waals surface area (Å²) in [5, 5.41) is 8.75. The van der Waals surface area contributed by atoms with Crippen molar-refractivity contribution < 1.29 is 9.53 Å². The zero-order valence-electron chi connectivity index (χ0n) is 11.8. The molecule has 21 heavy (non-hydrogen) atoms. The third-order valence-electron chi connectivity index (χ3n) is 3.09. The van der Waals surface area contributed by atoms with Crippen LogP contribution in [0, 0.1) is 11.3 Å². The highest BCUT2D eigenvalue weighted by atomic mass is 16.5. The zero-order valence-corrected chi connectivity index (χ0v) is 11.8. The minimum Gasteiger partial charge on any atom is -0.493 e. The lowest BCUT2D eigenvalue weighted by atomic mass is 10.2. The summed E-state index contributed by atoms with van der Waals surface area (Å²) >= 11 is 0. The van der Waals surface area contributed by atoms with Gasteiger partial charge >= 0.3 is 0 Å². The molecule has 0 heterocycles. The molecule has 0 radical (unpaired) electrons. The van der Waals surface area contributed by atoms with Gasteiger partial charge in [-0.15, -0.1) is 0 Å². The number of carbonyl (C=O) groups excluding carboxylic acids is 1. The van der Waals surface area contributed by atoms with E-state index in [4.69, 9.17) is 10.00 Å².